The van der Waals surface area contributed by atoms with Gasteiger partial charge in [-0.3, -0.25) is 19.8 Å². The number of nitrogens with one attached hydrogen (secondary N) is 2. The van der Waals surface area contributed by atoms with E-state index < -0.39 is 0 Å². The van der Waals surface area contributed by atoms with Crippen LogP contribution in [0.5, 0.6) is 0 Å². The molecule has 1 aromatic carbocycles. The summed E-state index contributed by atoms with van der Waals surface area (Å²) < 4.78 is 0. The van der Waals surface area contributed by atoms with Crippen LogP contribution in [0.3, 0.4) is 0 Å². The minimum atomic E-state index is -0.243. The molecule has 4 aromatic rings. The molecular weight excluding hydrogens is 438 g/mol. The van der Waals surface area contributed by atoms with E-state index in [1.807, 2.05) is 42.7 Å². The van der Waals surface area contributed by atoms with E-state index in [0.29, 0.717) is 5.69 Å². The molecule has 2 N–H and O–H groups in total. The highest BCUT2D eigenvalue weighted by Gasteiger charge is 2.18. The summed E-state index contributed by atoms with van der Waals surface area (Å²) in [5, 5.41) is 11.1. The number of anilines is 2. The quantitative estimate of drug-likeness (QED) is 0.435. The lowest BCUT2D eigenvalue weighted by atomic mass is 10.0. The fraction of sp³-hybridized carbons (Fsp3) is 0.333. The van der Waals surface area contributed by atoms with Gasteiger partial charge in [0.25, 0.3) is 5.91 Å². The molecule has 1 amide bonds. The van der Waals surface area contributed by atoms with Gasteiger partial charge in [0.15, 0.2) is 5.69 Å². The fourth-order valence-electron chi connectivity index (χ4n) is 5.10. The molecule has 5 heterocycles. The first-order chi connectivity index (χ1) is 17.2. The standard InChI is InChI=1S/C27H29N7O/c35-27(30-22-7-8-29-25(15-22)34-11-3-4-12-34)26-23-14-20(5-6-24(23)31-32-26)21-13-19(16-28-17-21)18-33-9-1-2-10-33/h5-8,13-17H,1-4,9-12,18H2,(H,31,32)(H,29,30,35). The van der Waals surface area contributed by atoms with Crippen molar-refractivity contribution in [3.8, 4) is 11.1 Å². The van der Waals surface area contributed by atoms with E-state index in [4.69, 9.17) is 0 Å². The topological polar surface area (TPSA) is 90.0 Å². The van der Waals surface area contributed by atoms with Crippen molar-refractivity contribution in [2.45, 2.75) is 32.2 Å². The number of hydrogen-bond acceptors (Lipinski definition) is 6. The van der Waals surface area contributed by atoms with Gasteiger partial charge < -0.3 is 10.2 Å². The molecule has 2 aliphatic rings. The number of benzene rings is 1. The molecule has 3 aromatic heterocycles. The first kappa shape index (κ1) is 21.7. The van der Waals surface area contributed by atoms with E-state index in [2.05, 4.69) is 41.3 Å². The highest BCUT2D eigenvalue weighted by atomic mass is 16.1. The monoisotopic (exact) mass is 467 g/mol. The first-order valence-electron chi connectivity index (χ1n) is 12.4. The highest BCUT2D eigenvalue weighted by molar-refractivity contribution is 6.11. The largest absolute Gasteiger partial charge is 0.357 e. The van der Waals surface area contributed by atoms with Gasteiger partial charge in [-0.25, -0.2) is 4.98 Å². The fourth-order valence-corrected chi connectivity index (χ4v) is 5.10. The van der Waals surface area contributed by atoms with Crippen LogP contribution in [0.15, 0.2) is 55.0 Å². The Bertz CT molecular complexity index is 1350. The van der Waals surface area contributed by atoms with Gasteiger partial charge in [-0.2, -0.15) is 5.10 Å². The van der Waals surface area contributed by atoms with E-state index in [1.165, 1.54) is 31.2 Å². The van der Waals surface area contributed by atoms with E-state index in [1.54, 1.807) is 6.20 Å². The number of aromatic nitrogens is 4. The predicted molar refractivity (Wildman–Crippen MR) is 137 cm³/mol. The van der Waals surface area contributed by atoms with Crippen LogP contribution >= 0.6 is 0 Å². The highest BCUT2D eigenvalue weighted by Crippen LogP contribution is 2.27. The Morgan fingerprint density at radius 3 is 2.63 bits per heavy atom. The number of aromatic amines is 1. The van der Waals surface area contributed by atoms with Gasteiger partial charge in [-0.05, 0) is 74.2 Å². The SMILES string of the molecule is O=C(Nc1ccnc(N2CCCC2)c1)c1n[nH]c2ccc(-c3cncc(CN4CCCC4)c3)cc12. The van der Waals surface area contributed by atoms with Gasteiger partial charge in [0.1, 0.15) is 5.82 Å². The number of rotatable bonds is 6. The summed E-state index contributed by atoms with van der Waals surface area (Å²) in [4.78, 5) is 26.8. The molecule has 0 bridgehead atoms. The molecule has 35 heavy (non-hydrogen) atoms. The van der Waals surface area contributed by atoms with Crippen LogP contribution < -0.4 is 10.2 Å². The number of carbonyl (C=O) groups is 1. The number of likely N-dealkylation sites (tertiary alicyclic amines) is 1. The van der Waals surface area contributed by atoms with Crippen LogP contribution in [0, 0.1) is 0 Å². The molecule has 0 unspecified atom stereocenters. The molecule has 0 saturated carbocycles. The van der Waals surface area contributed by atoms with Gasteiger partial charge in [-0.15, -0.1) is 0 Å². The van der Waals surface area contributed by atoms with Gasteiger partial charge in [-0.1, -0.05) is 6.07 Å². The Morgan fingerprint density at radius 2 is 1.77 bits per heavy atom. The second-order valence-corrected chi connectivity index (χ2v) is 9.45. The number of carbonyl (C=O) groups excluding carboxylic acids is 1. The Balaban J connectivity index is 1.24. The molecule has 178 valence electrons. The van der Waals surface area contributed by atoms with Crippen molar-refractivity contribution in [3.05, 3.63) is 66.2 Å². The normalized spacial score (nSPS) is 16.3. The Labute approximate surface area is 204 Å². The second kappa shape index (κ2) is 9.46. The molecule has 2 aliphatic heterocycles. The summed E-state index contributed by atoms with van der Waals surface area (Å²) in [6.45, 7) is 5.24. The number of nitrogens with zero attached hydrogens (tertiary/aromatic N) is 5. The van der Waals surface area contributed by atoms with Crippen molar-refractivity contribution >= 4 is 28.3 Å². The first-order valence-corrected chi connectivity index (χ1v) is 12.4. The van der Waals surface area contributed by atoms with Crippen molar-refractivity contribution in [3.63, 3.8) is 0 Å². The Hall–Kier alpha value is -3.78. The Morgan fingerprint density at radius 1 is 0.943 bits per heavy atom. The summed E-state index contributed by atoms with van der Waals surface area (Å²) in [7, 11) is 0. The minimum absolute atomic E-state index is 0.243. The molecule has 0 spiro atoms. The van der Waals surface area contributed by atoms with E-state index in [9.17, 15) is 4.79 Å². The summed E-state index contributed by atoms with van der Waals surface area (Å²) in [6, 6.07) is 12.0. The second-order valence-electron chi connectivity index (χ2n) is 9.45. The Kier molecular flexibility index (Phi) is 5.88. The third kappa shape index (κ3) is 4.61. The summed E-state index contributed by atoms with van der Waals surface area (Å²) in [5.74, 6) is 0.656. The number of pyridine rings is 2. The molecule has 0 atom stereocenters. The molecule has 8 nitrogen and oxygen atoms in total. The third-order valence-corrected chi connectivity index (χ3v) is 6.94. The molecular formula is C27H29N7O. The maximum Gasteiger partial charge on any atom is 0.276 e. The zero-order valence-electron chi connectivity index (χ0n) is 19.7. The zero-order valence-corrected chi connectivity index (χ0v) is 19.7. The van der Waals surface area contributed by atoms with Crippen molar-refractivity contribution < 1.29 is 4.79 Å². The summed E-state index contributed by atoms with van der Waals surface area (Å²) >= 11 is 0. The maximum absolute atomic E-state index is 13.2. The summed E-state index contributed by atoms with van der Waals surface area (Å²) in [5.41, 5.74) is 5.19. The molecule has 8 heteroatoms. The summed E-state index contributed by atoms with van der Waals surface area (Å²) in [6.07, 6.45) is 10.5. The van der Waals surface area contributed by atoms with E-state index >= 15 is 0 Å². The van der Waals surface area contributed by atoms with Crippen LogP contribution in [0.1, 0.15) is 41.7 Å². The van der Waals surface area contributed by atoms with Gasteiger partial charge in [0, 0.05) is 60.9 Å². The van der Waals surface area contributed by atoms with E-state index in [0.717, 1.165) is 66.3 Å². The lowest BCUT2D eigenvalue weighted by molar-refractivity contribution is 0.102. The molecule has 2 saturated heterocycles. The van der Waals surface area contributed by atoms with Crippen LogP contribution in [0.4, 0.5) is 11.5 Å². The number of fused-ring (bicyclic) bond motifs is 1. The molecule has 2 fully saturated rings. The van der Waals surface area contributed by atoms with Crippen molar-refractivity contribution in [1.82, 2.24) is 25.1 Å². The molecule has 0 radical (unpaired) electrons. The maximum atomic E-state index is 13.2. The van der Waals surface area contributed by atoms with Gasteiger partial charge >= 0.3 is 0 Å². The zero-order chi connectivity index (χ0) is 23.6. The average molecular weight is 468 g/mol. The molecule has 0 aliphatic carbocycles. The van der Waals surface area contributed by atoms with Gasteiger partial charge in [0.2, 0.25) is 0 Å². The van der Waals surface area contributed by atoms with E-state index in [-0.39, 0.29) is 5.91 Å². The number of H-pyrrole nitrogens is 1. The van der Waals surface area contributed by atoms with Gasteiger partial charge in [0.05, 0.1) is 5.52 Å². The van der Waals surface area contributed by atoms with Crippen LogP contribution in [0.2, 0.25) is 0 Å². The minimum Gasteiger partial charge on any atom is -0.357 e. The van der Waals surface area contributed by atoms with Crippen molar-refractivity contribution in [2.24, 2.45) is 0 Å². The van der Waals surface area contributed by atoms with Crippen LogP contribution in [-0.2, 0) is 6.54 Å². The average Bonchev–Trinajstić information content (AvgIpc) is 3.66. The lowest BCUT2D eigenvalue weighted by Crippen LogP contribution is -2.19. The van der Waals surface area contributed by atoms with Crippen LogP contribution in [0.25, 0.3) is 22.0 Å². The lowest BCUT2D eigenvalue weighted by Gasteiger charge is -2.16. The van der Waals surface area contributed by atoms with Crippen LogP contribution in [-0.4, -0.2) is 57.2 Å². The smallest absolute Gasteiger partial charge is 0.276 e. The van der Waals surface area contributed by atoms with Crippen molar-refractivity contribution in [2.75, 3.05) is 36.4 Å². The number of amides is 1. The number of hydrogen-bond donors (Lipinski definition) is 2. The third-order valence-electron chi connectivity index (χ3n) is 6.94. The predicted octanol–water partition coefficient (Wildman–Crippen LogP) is 4.47. The molecule has 6 rings (SSSR count). The van der Waals surface area contributed by atoms with Crippen molar-refractivity contribution in [1.29, 1.82) is 0 Å².